The summed E-state index contributed by atoms with van der Waals surface area (Å²) in [6, 6.07) is 8.08. The first-order chi connectivity index (χ1) is 7.70. The van der Waals surface area contributed by atoms with Crippen molar-refractivity contribution in [2.75, 3.05) is 19.8 Å². The van der Waals surface area contributed by atoms with E-state index in [1.54, 1.807) is 0 Å². The highest BCUT2D eigenvalue weighted by molar-refractivity contribution is 9.10. The first-order valence-corrected chi connectivity index (χ1v) is 6.23. The van der Waals surface area contributed by atoms with Crippen molar-refractivity contribution in [2.45, 2.75) is 18.6 Å². The zero-order chi connectivity index (χ0) is 11.4. The third kappa shape index (κ3) is 3.04. The molecule has 1 heterocycles. The van der Waals surface area contributed by atoms with Crippen LogP contribution in [0.15, 0.2) is 28.7 Å². The van der Waals surface area contributed by atoms with Crippen LogP contribution in [0.2, 0.25) is 0 Å². The average molecular weight is 286 g/mol. The largest absolute Gasteiger partial charge is 0.386 e. The number of benzene rings is 1. The molecule has 3 nitrogen and oxygen atoms in total. The normalized spacial score (nSPS) is 24.9. The second-order valence-electron chi connectivity index (χ2n) is 4.22. The molecule has 0 bridgehead atoms. The summed E-state index contributed by atoms with van der Waals surface area (Å²) in [7, 11) is 0. The van der Waals surface area contributed by atoms with Gasteiger partial charge in [-0.25, -0.2) is 0 Å². The zero-order valence-corrected chi connectivity index (χ0v) is 10.7. The standard InChI is InChI=1S/C12H16BrNO2/c13-11-4-2-1-3-10(11)7-14-8-12(15)5-6-16-9-12/h1-4,14-15H,5-9H2. The summed E-state index contributed by atoms with van der Waals surface area (Å²) in [5.74, 6) is 0. The highest BCUT2D eigenvalue weighted by atomic mass is 79.9. The van der Waals surface area contributed by atoms with Gasteiger partial charge in [0.05, 0.1) is 6.61 Å². The monoisotopic (exact) mass is 285 g/mol. The fourth-order valence-corrected chi connectivity index (χ4v) is 2.23. The molecule has 1 aliphatic heterocycles. The molecule has 1 atom stereocenters. The minimum atomic E-state index is -0.679. The lowest BCUT2D eigenvalue weighted by atomic mass is 10.0. The topological polar surface area (TPSA) is 41.5 Å². The van der Waals surface area contributed by atoms with Crippen molar-refractivity contribution >= 4 is 15.9 Å². The Bertz CT molecular complexity index is 351. The van der Waals surface area contributed by atoms with E-state index in [9.17, 15) is 5.11 Å². The predicted octanol–water partition coefficient (Wildman–Crippen LogP) is 1.69. The molecule has 88 valence electrons. The van der Waals surface area contributed by atoms with Crippen LogP contribution in [0.1, 0.15) is 12.0 Å². The Morgan fingerprint density at radius 3 is 2.94 bits per heavy atom. The fourth-order valence-electron chi connectivity index (χ4n) is 1.81. The van der Waals surface area contributed by atoms with Crippen molar-refractivity contribution < 1.29 is 9.84 Å². The molecule has 2 rings (SSSR count). The van der Waals surface area contributed by atoms with E-state index in [2.05, 4.69) is 27.3 Å². The van der Waals surface area contributed by atoms with Crippen LogP contribution in [0.25, 0.3) is 0 Å². The minimum absolute atomic E-state index is 0.440. The molecule has 0 spiro atoms. The molecule has 1 aromatic rings. The summed E-state index contributed by atoms with van der Waals surface area (Å²) in [5, 5.41) is 13.3. The van der Waals surface area contributed by atoms with E-state index < -0.39 is 5.60 Å². The number of halogens is 1. The highest BCUT2D eigenvalue weighted by Crippen LogP contribution is 2.18. The molecule has 1 aliphatic rings. The molecule has 1 saturated heterocycles. The van der Waals surface area contributed by atoms with Crippen LogP contribution in [0.4, 0.5) is 0 Å². The maximum atomic E-state index is 10.0. The Hall–Kier alpha value is -0.420. The SMILES string of the molecule is OC1(CNCc2ccccc2Br)CCOC1. The zero-order valence-electron chi connectivity index (χ0n) is 9.08. The van der Waals surface area contributed by atoms with Crippen LogP contribution < -0.4 is 5.32 Å². The first-order valence-electron chi connectivity index (χ1n) is 5.44. The number of rotatable bonds is 4. The average Bonchev–Trinajstić information content (AvgIpc) is 2.68. The molecule has 1 fully saturated rings. The molecule has 4 heteroatoms. The van der Waals surface area contributed by atoms with Crippen molar-refractivity contribution in [1.82, 2.24) is 5.32 Å². The molecule has 0 amide bonds. The summed E-state index contributed by atoms with van der Waals surface area (Å²) in [6.45, 7) is 2.43. The molecular weight excluding hydrogens is 270 g/mol. The van der Waals surface area contributed by atoms with Gasteiger partial charge in [-0.3, -0.25) is 0 Å². The Morgan fingerprint density at radius 2 is 2.25 bits per heavy atom. The Kier molecular flexibility index (Phi) is 3.97. The van der Waals surface area contributed by atoms with E-state index in [-0.39, 0.29) is 0 Å². The van der Waals surface area contributed by atoms with Gasteiger partial charge >= 0.3 is 0 Å². The highest BCUT2D eigenvalue weighted by Gasteiger charge is 2.31. The lowest BCUT2D eigenvalue weighted by Crippen LogP contribution is -2.40. The van der Waals surface area contributed by atoms with Crippen LogP contribution in [0.5, 0.6) is 0 Å². The van der Waals surface area contributed by atoms with E-state index in [1.165, 1.54) is 5.56 Å². The molecule has 0 radical (unpaired) electrons. The van der Waals surface area contributed by atoms with Crippen LogP contribution in [-0.4, -0.2) is 30.5 Å². The van der Waals surface area contributed by atoms with Gasteiger partial charge in [0.25, 0.3) is 0 Å². The Labute approximate surface area is 104 Å². The van der Waals surface area contributed by atoms with Crippen molar-refractivity contribution in [1.29, 1.82) is 0 Å². The van der Waals surface area contributed by atoms with Gasteiger partial charge in [-0.1, -0.05) is 34.1 Å². The molecule has 1 unspecified atom stereocenters. The maximum absolute atomic E-state index is 10.0. The number of hydrogen-bond donors (Lipinski definition) is 2. The molecule has 16 heavy (non-hydrogen) atoms. The number of nitrogens with one attached hydrogen (secondary N) is 1. The van der Waals surface area contributed by atoms with E-state index in [1.807, 2.05) is 18.2 Å². The van der Waals surface area contributed by atoms with Gasteiger partial charge in [0.2, 0.25) is 0 Å². The summed E-state index contributed by atoms with van der Waals surface area (Å²) >= 11 is 3.50. The Morgan fingerprint density at radius 1 is 1.44 bits per heavy atom. The van der Waals surface area contributed by atoms with Crippen LogP contribution in [-0.2, 0) is 11.3 Å². The van der Waals surface area contributed by atoms with Gasteiger partial charge in [-0.2, -0.15) is 0 Å². The second kappa shape index (κ2) is 5.27. The third-order valence-corrected chi connectivity index (χ3v) is 3.58. The van der Waals surface area contributed by atoms with Gasteiger partial charge in [-0.05, 0) is 11.6 Å². The minimum Gasteiger partial charge on any atom is -0.386 e. The van der Waals surface area contributed by atoms with E-state index >= 15 is 0 Å². The van der Waals surface area contributed by atoms with Crippen LogP contribution >= 0.6 is 15.9 Å². The van der Waals surface area contributed by atoms with Crippen molar-refractivity contribution in [2.24, 2.45) is 0 Å². The summed E-state index contributed by atoms with van der Waals surface area (Å²) in [5.41, 5.74) is 0.520. The summed E-state index contributed by atoms with van der Waals surface area (Å²) in [6.07, 6.45) is 0.718. The van der Waals surface area contributed by atoms with Crippen LogP contribution in [0.3, 0.4) is 0 Å². The quantitative estimate of drug-likeness (QED) is 0.885. The summed E-state index contributed by atoms with van der Waals surface area (Å²) in [4.78, 5) is 0. The third-order valence-electron chi connectivity index (χ3n) is 2.81. The van der Waals surface area contributed by atoms with Gasteiger partial charge in [0, 0.05) is 30.6 Å². The fraction of sp³-hybridized carbons (Fsp3) is 0.500. The van der Waals surface area contributed by atoms with Crippen molar-refractivity contribution in [3.05, 3.63) is 34.3 Å². The predicted molar refractivity (Wildman–Crippen MR) is 66.2 cm³/mol. The lowest BCUT2D eigenvalue weighted by Gasteiger charge is -2.20. The van der Waals surface area contributed by atoms with Gasteiger partial charge in [0.1, 0.15) is 5.60 Å². The van der Waals surface area contributed by atoms with Gasteiger partial charge in [0.15, 0.2) is 0 Å². The molecular formula is C12H16BrNO2. The van der Waals surface area contributed by atoms with Gasteiger partial charge in [-0.15, -0.1) is 0 Å². The van der Waals surface area contributed by atoms with Crippen molar-refractivity contribution in [3.8, 4) is 0 Å². The molecule has 0 saturated carbocycles. The molecule has 0 aliphatic carbocycles. The molecule has 1 aromatic carbocycles. The maximum Gasteiger partial charge on any atom is 0.102 e. The number of aliphatic hydroxyl groups is 1. The second-order valence-corrected chi connectivity index (χ2v) is 5.08. The number of hydrogen-bond acceptors (Lipinski definition) is 3. The van der Waals surface area contributed by atoms with Gasteiger partial charge < -0.3 is 15.2 Å². The molecule has 2 N–H and O–H groups in total. The van der Waals surface area contributed by atoms with E-state index in [0.717, 1.165) is 17.4 Å². The Balaban J connectivity index is 1.82. The van der Waals surface area contributed by atoms with E-state index in [4.69, 9.17) is 4.74 Å². The summed E-state index contributed by atoms with van der Waals surface area (Å²) < 4.78 is 6.28. The molecule has 0 aromatic heterocycles. The first kappa shape index (κ1) is 12.0. The van der Waals surface area contributed by atoms with E-state index in [0.29, 0.717) is 19.8 Å². The lowest BCUT2D eigenvalue weighted by molar-refractivity contribution is 0.0268. The van der Waals surface area contributed by atoms with Crippen molar-refractivity contribution in [3.63, 3.8) is 0 Å². The smallest absolute Gasteiger partial charge is 0.102 e. The van der Waals surface area contributed by atoms with Crippen LogP contribution in [0, 0.1) is 0 Å². The number of ether oxygens (including phenoxy) is 1.